The molecule has 15 heavy (non-hydrogen) atoms. The SMILES string of the molecule is CC(C#N)S(=O)(=O)NCCC(=O)N(C)C. The van der Waals surface area contributed by atoms with Gasteiger partial charge in [-0.1, -0.05) is 0 Å². The van der Waals surface area contributed by atoms with Gasteiger partial charge in [-0.15, -0.1) is 0 Å². The molecule has 6 nitrogen and oxygen atoms in total. The van der Waals surface area contributed by atoms with E-state index in [0.29, 0.717) is 0 Å². The zero-order valence-electron chi connectivity index (χ0n) is 9.02. The average molecular weight is 233 g/mol. The smallest absolute Gasteiger partial charge is 0.227 e. The van der Waals surface area contributed by atoms with Crippen molar-refractivity contribution in [3.05, 3.63) is 0 Å². The highest BCUT2D eigenvalue weighted by Gasteiger charge is 2.19. The van der Waals surface area contributed by atoms with Gasteiger partial charge in [-0.3, -0.25) is 4.79 Å². The third-order valence-electron chi connectivity index (χ3n) is 1.79. The number of carbonyl (C=O) groups is 1. The second-order valence-corrected chi connectivity index (χ2v) is 5.33. The van der Waals surface area contributed by atoms with Crippen molar-refractivity contribution in [1.82, 2.24) is 9.62 Å². The van der Waals surface area contributed by atoms with Crippen molar-refractivity contribution in [3.8, 4) is 6.07 Å². The van der Waals surface area contributed by atoms with Gasteiger partial charge in [0.25, 0.3) is 0 Å². The lowest BCUT2D eigenvalue weighted by Gasteiger charge is -2.11. The first-order valence-corrected chi connectivity index (χ1v) is 5.94. The third kappa shape index (κ3) is 4.76. The normalized spacial score (nSPS) is 12.9. The quantitative estimate of drug-likeness (QED) is 0.679. The molecule has 0 saturated heterocycles. The van der Waals surface area contributed by atoms with Gasteiger partial charge in [-0.05, 0) is 6.92 Å². The topological polar surface area (TPSA) is 90.3 Å². The van der Waals surface area contributed by atoms with Crippen LogP contribution in [0.15, 0.2) is 0 Å². The number of amides is 1. The molecule has 1 atom stereocenters. The first-order chi connectivity index (χ1) is 6.81. The Kier molecular flexibility index (Phi) is 5.25. The fraction of sp³-hybridized carbons (Fsp3) is 0.750. The third-order valence-corrected chi connectivity index (χ3v) is 3.43. The first-order valence-electron chi connectivity index (χ1n) is 4.39. The minimum atomic E-state index is -3.61. The monoisotopic (exact) mass is 233 g/mol. The fourth-order valence-corrected chi connectivity index (χ4v) is 1.49. The molecule has 0 bridgehead atoms. The van der Waals surface area contributed by atoms with E-state index in [1.807, 2.05) is 0 Å². The van der Waals surface area contributed by atoms with Gasteiger partial charge in [0, 0.05) is 27.1 Å². The van der Waals surface area contributed by atoms with Crippen LogP contribution in [-0.4, -0.2) is 45.1 Å². The van der Waals surface area contributed by atoms with Crippen LogP contribution >= 0.6 is 0 Å². The van der Waals surface area contributed by atoms with Crippen LogP contribution in [0.3, 0.4) is 0 Å². The Bertz CT molecular complexity index is 356. The van der Waals surface area contributed by atoms with Crippen molar-refractivity contribution < 1.29 is 13.2 Å². The van der Waals surface area contributed by atoms with Crippen LogP contribution in [0, 0.1) is 11.3 Å². The van der Waals surface area contributed by atoms with Crippen LogP contribution in [0.1, 0.15) is 13.3 Å². The molecule has 0 radical (unpaired) electrons. The Morgan fingerprint density at radius 1 is 1.53 bits per heavy atom. The molecule has 0 rings (SSSR count). The maximum absolute atomic E-state index is 11.3. The predicted molar refractivity (Wildman–Crippen MR) is 55.3 cm³/mol. The molecule has 0 aliphatic heterocycles. The summed E-state index contributed by atoms with van der Waals surface area (Å²) in [6.07, 6.45) is 0.0877. The summed E-state index contributed by atoms with van der Waals surface area (Å²) in [6.45, 7) is 1.31. The van der Waals surface area contributed by atoms with Crippen molar-refractivity contribution in [3.63, 3.8) is 0 Å². The maximum Gasteiger partial charge on any atom is 0.227 e. The molecule has 86 valence electrons. The molecule has 1 N–H and O–H groups in total. The number of sulfonamides is 1. The zero-order valence-corrected chi connectivity index (χ0v) is 9.84. The summed E-state index contributed by atoms with van der Waals surface area (Å²) in [7, 11) is -0.430. The van der Waals surface area contributed by atoms with Gasteiger partial charge < -0.3 is 4.90 Å². The summed E-state index contributed by atoms with van der Waals surface area (Å²) in [5.41, 5.74) is 0. The van der Waals surface area contributed by atoms with Crippen LogP contribution in [-0.2, 0) is 14.8 Å². The summed E-state index contributed by atoms with van der Waals surface area (Å²) in [5.74, 6) is -0.165. The van der Waals surface area contributed by atoms with E-state index in [4.69, 9.17) is 5.26 Å². The average Bonchev–Trinajstić information content (AvgIpc) is 2.15. The van der Waals surface area contributed by atoms with Crippen LogP contribution < -0.4 is 4.72 Å². The van der Waals surface area contributed by atoms with E-state index >= 15 is 0 Å². The Morgan fingerprint density at radius 2 is 2.07 bits per heavy atom. The number of hydrogen-bond donors (Lipinski definition) is 1. The fourth-order valence-electron chi connectivity index (χ4n) is 0.718. The molecule has 7 heteroatoms. The number of nitrogens with zero attached hydrogens (tertiary/aromatic N) is 2. The summed E-state index contributed by atoms with van der Waals surface area (Å²) >= 11 is 0. The molecule has 0 heterocycles. The summed E-state index contributed by atoms with van der Waals surface area (Å²) in [5, 5.41) is 7.32. The summed E-state index contributed by atoms with van der Waals surface area (Å²) in [4.78, 5) is 12.5. The highest BCUT2D eigenvalue weighted by atomic mass is 32.2. The van der Waals surface area contributed by atoms with E-state index in [1.165, 1.54) is 11.8 Å². The van der Waals surface area contributed by atoms with Gasteiger partial charge >= 0.3 is 0 Å². The molecule has 1 unspecified atom stereocenters. The van der Waals surface area contributed by atoms with Gasteiger partial charge in [0.05, 0.1) is 6.07 Å². The minimum absolute atomic E-state index is 0.0192. The van der Waals surface area contributed by atoms with Gasteiger partial charge in [0.2, 0.25) is 15.9 Å². The van der Waals surface area contributed by atoms with Gasteiger partial charge in [0.1, 0.15) is 0 Å². The first kappa shape index (κ1) is 13.9. The molecule has 0 spiro atoms. The van der Waals surface area contributed by atoms with Gasteiger partial charge in [-0.2, -0.15) is 5.26 Å². The highest BCUT2D eigenvalue weighted by molar-refractivity contribution is 7.90. The molecule has 0 fully saturated rings. The Morgan fingerprint density at radius 3 is 2.47 bits per heavy atom. The lowest BCUT2D eigenvalue weighted by molar-refractivity contribution is -0.128. The largest absolute Gasteiger partial charge is 0.349 e. The standard InChI is InChI=1S/C8H15N3O3S/c1-7(6-9)15(13,14)10-5-4-8(12)11(2)3/h7,10H,4-5H2,1-3H3. The molecule has 0 aromatic rings. The second kappa shape index (κ2) is 5.68. The molecule has 0 aliphatic carbocycles. The lowest BCUT2D eigenvalue weighted by atomic mass is 10.4. The van der Waals surface area contributed by atoms with E-state index in [2.05, 4.69) is 4.72 Å². The van der Waals surface area contributed by atoms with Crippen molar-refractivity contribution in [2.45, 2.75) is 18.6 Å². The number of carbonyl (C=O) groups excluding carboxylic acids is 1. The van der Waals surface area contributed by atoms with Crippen LogP contribution in [0.2, 0.25) is 0 Å². The van der Waals surface area contributed by atoms with Gasteiger partial charge in [0.15, 0.2) is 5.25 Å². The van der Waals surface area contributed by atoms with Crippen LogP contribution in [0.5, 0.6) is 0 Å². The van der Waals surface area contributed by atoms with Crippen molar-refractivity contribution in [2.24, 2.45) is 0 Å². The molecule has 0 aromatic heterocycles. The maximum atomic E-state index is 11.3. The van der Waals surface area contributed by atoms with E-state index in [-0.39, 0.29) is 18.9 Å². The van der Waals surface area contributed by atoms with Crippen molar-refractivity contribution >= 4 is 15.9 Å². The Balaban J connectivity index is 4.09. The zero-order chi connectivity index (χ0) is 12.1. The van der Waals surface area contributed by atoms with Crippen LogP contribution in [0.4, 0.5) is 0 Å². The van der Waals surface area contributed by atoms with E-state index < -0.39 is 15.3 Å². The Labute approximate surface area is 89.9 Å². The molecule has 0 aromatic carbocycles. The van der Waals surface area contributed by atoms with E-state index in [0.717, 1.165) is 0 Å². The number of hydrogen-bond acceptors (Lipinski definition) is 4. The molecule has 1 amide bonds. The van der Waals surface area contributed by atoms with E-state index in [1.54, 1.807) is 20.2 Å². The molecular formula is C8H15N3O3S. The highest BCUT2D eigenvalue weighted by Crippen LogP contribution is 1.96. The molecule has 0 aliphatic rings. The predicted octanol–water partition coefficient (Wildman–Crippen LogP) is -0.704. The second-order valence-electron chi connectivity index (χ2n) is 3.25. The van der Waals surface area contributed by atoms with E-state index in [9.17, 15) is 13.2 Å². The number of nitrogens with one attached hydrogen (secondary N) is 1. The molecule has 0 saturated carbocycles. The minimum Gasteiger partial charge on any atom is -0.349 e. The van der Waals surface area contributed by atoms with Gasteiger partial charge in [-0.25, -0.2) is 13.1 Å². The van der Waals surface area contributed by atoms with Crippen molar-refractivity contribution in [2.75, 3.05) is 20.6 Å². The van der Waals surface area contributed by atoms with Crippen LogP contribution in [0.25, 0.3) is 0 Å². The number of rotatable bonds is 5. The summed E-state index contributed by atoms with van der Waals surface area (Å²) in [6, 6.07) is 1.62. The summed E-state index contributed by atoms with van der Waals surface area (Å²) < 4.78 is 24.7. The molecular weight excluding hydrogens is 218 g/mol. The Hall–Kier alpha value is -1.13. The lowest BCUT2D eigenvalue weighted by Crippen LogP contribution is -2.34. The number of nitriles is 1. The van der Waals surface area contributed by atoms with Crippen molar-refractivity contribution in [1.29, 1.82) is 5.26 Å².